The molecule has 7 heteroatoms. The number of benzene rings is 2. The van der Waals surface area contributed by atoms with Gasteiger partial charge in [-0.05, 0) is 61.1 Å². The lowest BCUT2D eigenvalue weighted by Gasteiger charge is -2.36. The molecule has 2 fully saturated rings. The van der Waals surface area contributed by atoms with Crippen molar-refractivity contribution in [3.63, 3.8) is 0 Å². The van der Waals surface area contributed by atoms with Gasteiger partial charge in [0, 0.05) is 30.3 Å². The van der Waals surface area contributed by atoms with Gasteiger partial charge in [-0.25, -0.2) is 0 Å². The second-order valence-electron chi connectivity index (χ2n) is 8.55. The highest BCUT2D eigenvalue weighted by molar-refractivity contribution is 6.30. The molecule has 0 spiro atoms. The van der Waals surface area contributed by atoms with E-state index in [9.17, 15) is 14.4 Å². The van der Waals surface area contributed by atoms with Crippen molar-refractivity contribution in [3.05, 3.63) is 64.7 Å². The number of carbonyl (C=O) groups is 3. The van der Waals surface area contributed by atoms with E-state index in [-0.39, 0.29) is 17.7 Å². The summed E-state index contributed by atoms with van der Waals surface area (Å²) in [5, 5.41) is 6.16. The molecular weight excluding hydrogens is 428 g/mol. The molecule has 2 aliphatic rings. The number of hydrogen-bond acceptors (Lipinski definition) is 4. The van der Waals surface area contributed by atoms with Gasteiger partial charge in [-0.3, -0.25) is 19.7 Å². The Morgan fingerprint density at radius 1 is 1.00 bits per heavy atom. The maximum Gasteiger partial charge on any atom is 0.237 e. The van der Waals surface area contributed by atoms with Crippen molar-refractivity contribution in [1.82, 2.24) is 5.32 Å². The van der Waals surface area contributed by atoms with Gasteiger partial charge in [0.25, 0.3) is 0 Å². The van der Waals surface area contributed by atoms with E-state index < -0.39 is 10.8 Å². The lowest BCUT2D eigenvalue weighted by Crippen LogP contribution is -2.51. The molecule has 168 valence electrons. The zero-order valence-corrected chi connectivity index (χ0v) is 18.8. The Kier molecular flexibility index (Phi) is 6.35. The van der Waals surface area contributed by atoms with Gasteiger partial charge in [0.2, 0.25) is 17.7 Å². The Morgan fingerprint density at radius 3 is 2.22 bits per heavy atom. The number of piperidine rings is 1. The van der Waals surface area contributed by atoms with Gasteiger partial charge in [-0.2, -0.15) is 0 Å². The minimum Gasteiger partial charge on any atom is -0.381 e. The summed E-state index contributed by atoms with van der Waals surface area (Å²) in [6.07, 6.45) is 2.58. The fraction of sp³-hybridized carbons (Fsp3) is 0.400. The summed E-state index contributed by atoms with van der Waals surface area (Å²) in [5.41, 5.74) is 1.03. The number of nitrogens with one attached hydrogen (secondary N) is 2. The Hall–Kier alpha value is -2.70. The van der Waals surface area contributed by atoms with Crippen LogP contribution in [0, 0.1) is 0 Å². The van der Waals surface area contributed by atoms with Crippen molar-refractivity contribution in [2.24, 2.45) is 0 Å². The number of anilines is 1. The van der Waals surface area contributed by atoms with Crippen molar-refractivity contribution >= 4 is 35.0 Å². The lowest BCUT2D eigenvalue weighted by molar-refractivity contribution is -0.138. The summed E-state index contributed by atoms with van der Waals surface area (Å²) < 4.78 is 5.53. The Balaban J connectivity index is 1.57. The highest BCUT2D eigenvalue weighted by atomic mass is 35.5. The molecular formula is C25H27ClN2O4. The van der Waals surface area contributed by atoms with Crippen LogP contribution in [0.15, 0.2) is 48.5 Å². The number of halogens is 1. The molecule has 0 bridgehead atoms. The minimum absolute atomic E-state index is 0.0814. The van der Waals surface area contributed by atoms with E-state index in [2.05, 4.69) is 10.6 Å². The fourth-order valence-corrected chi connectivity index (χ4v) is 4.95. The van der Waals surface area contributed by atoms with E-state index in [0.29, 0.717) is 56.0 Å². The predicted molar refractivity (Wildman–Crippen MR) is 123 cm³/mol. The molecule has 2 N–H and O–H groups in total. The van der Waals surface area contributed by atoms with Crippen LogP contribution >= 0.6 is 11.6 Å². The zero-order chi connectivity index (χ0) is 22.8. The maximum absolute atomic E-state index is 13.5. The van der Waals surface area contributed by atoms with Crippen LogP contribution in [0.25, 0.3) is 0 Å². The number of hydrogen-bond donors (Lipinski definition) is 2. The Bertz CT molecular complexity index is 1010. The molecule has 0 aromatic heterocycles. The second-order valence-corrected chi connectivity index (χ2v) is 8.98. The molecule has 0 aliphatic carbocycles. The first-order valence-corrected chi connectivity index (χ1v) is 11.4. The van der Waals surface area contributed by atoms with Crippen LogP contribution in [0.1, 0.15) is 50.2 Å². The molecule has 2 aromatic rings. The first-order chi connectivity index (χ1) is 15.4. The SMILES string of the molecule is CCC1(c2ccc(NC(=O)C3(c4ccc(Cl)cc4)CCOCC3)cc2)CCC(=O)NC1=O. The van der Waals surface area contributed by atoms with Crippen LogP contribution in [-0.4, -0.2) is 30.9 Å². The topological polar surface area (TPSA) is 84.5 Å². The summed E-state index contributed by atoms with van der Waals surface area (Å²) >= 11 is 6.05. The second kappa shape index (κ2) is 9.04. The summed E-state index contributed by atoms with van der Waals surface area (Å²) in [7, 11) is 0. The van der Waals surface area contributed by atoms with E-state index >= 15 is 0 Å². The molecule has 0 saturated carbocycles. The van der Waals surface area contributed by atoms with E-state index in [0.717, 1.165) is 11.1 Å². The van der Waals surface area contributed by atoms with Crippen LogP contribution in [0.3, 0.4) is 0 Å². The van der Waals surface area contributed by atoms with Crippen molar-refractivity contribution in [3.8, 4) is 0 Å². The molecule has 2 heterocycles. The van der Waals surface area contributed by atoms with Crippen molar-refractivity contribution in [2.75, 3.05) is 18.5 Å². The third-order valence-electron chi connectivity index (χ3n) is 6.94. The van der Waals surface area contributed by atoms with Gasteiger partial charge >= 0.3 is 0 Å². The van der Waals surface area contributed by atoms with Gasteiger partial charge in [0.05, 0.1) is 10.8 Å². The molecule has 1 unspecified atom stereocenters. The number of rotatable bonds is 5. The maximum atomic E-state index is 13.5. The molecule has 2 aromatic carbocycles. The standard InChI is InChI=1S/C25H27ClN2O4/c1-2-24(12-11-21(29)28-22(24)30)17-5-9-20(10-6-17)27-23(31)25(13-15-32-16-14-25)18-3-7-19(26)8-4-18/h3-10H,2,11-16H2,1H3,(H,27,31)(H,28,29,30). The monoisotopic (exact) mass is 454 g/mol. The van der Waals surface area contributed by atoms with Gasteiger partial charge < -0.3 is 10.1 Å². The summed E-state index contributed by atoms with van der Waals surface area (Å²) in [6, 6.07) is 14.8. The van der Waals surface area contributed by atoms with Crippen LogP contribution in [0.5, 0.6) is 0 Å². The number of imide groups is 1. The Morgan fingerprint density at radius 2 is 1.62 bits per heavy atom. The minimum atomic E-state index is -0.721. The molecule has 3 amide bonds. The quantitative estimate of drug-likeness (QED) is 0.666. The van der Waals surface area contributed by atoms with Crippen LogP contribution in [-0.2, 0) is 30.0 Å². The first kappa shape index (κ1) is 22.5. The predicted octanol–water partition coefficient (Wildman–Crippen LogP) is 4.11. The fourth-order valence-electron chi connectivity index (χ4n) is 4.83. The van der Waals surface area contributed by atoms with Crippen LogP contribution in [0.4, 0.5) is 5.69 Å². The third-order valence-corrected chi connectivity index (χ3v) is 7.20. The van der Waals surface area contributed by atoms with E-state index in [1.807, 2.05) is 43.3 Å². The molecule has 1 atom stereocenters. The van der Waals surface area contributed by atoms with Crippen molar-refractivity contribution < 1.29 is 19.1 Å². The molecule has 4 rings (SSSR count). The van der Waals surface area contributed by atoms with Crippen LogP contribution < -0.4 is 10.6 Å². The van der Waals surface area contributed by atoms with Crippen molar-refractivity contribution in [1.29, 1.82) is 0 Å². The molecule has 2 aliphatic heterocycles. The van der Waals surface area contributed by atoms with Gasteiger partial charge in [-0.1, -0.05) is 42.8 Å². The normalized spacial score (nSPS) is 22.8. The molecule has 32 heavy (non-hydrogen) atoms. The average Bonchev–Trinajstić information content (AvgIpc) is 2.81. The van der Waals surface area contributed by atoms with Gasteiger partial charge in [0.15, 0.2) is 0 Å². The number of amides is 3. The summed E-state index contributed by atoms with van der Waals surface area (Å²) in [6.45, 7) is 2.98. The largest absolute Gasteiger partial charge is 0.381 e. The average molecular weight is 455 g/mol. The van der Waals surface area contributed by atoms with Gasteiger partial charge in [-0.15, -0.1) is 0 Å². The highest BCUT2D eigenvalue weighted by Gasteiger charge is 2.43. The molecule has 6 nitrogen and oxygen atoms in total. The van der Waals surface area contributed by atoms with Gasteiger partial charge in [0.1, 0.15) is 0 Å². The van der Waals surface area contributed by atoms with E-state index in [1.54, 1.807) is 12.1 Å². The van der Waals surface area contributed by atoms with E-state index in [1.165, 1.54) is 0 Å². The van der Waals surface area contributed by atoms with E-state index in [4.69, 9.17) is 16.3 Å². The first-order valence-electron chi connectivity index (χ1n) is 11.0. The lowest BCUT2D eigenvalue weighted by atomic mass is 9.72. The number of ether oxygens (including phenoxy) is 1. The summed E-state index contributed by atoms with van der Waals surface area (Å²) in [4.78, 5) is 37.7. The number of carbonyl (C=O) groups excluding carboxylic acids is 3. The van der Waals surface area contributed by atoms with Crippen LogP contribution in [0.2, 0.25) is 5.02 Å². The third kappa shape index (κ3) is 4.05. The summed E-state index contributed by atoms with van der Waals surface area (Å²) in [5.74, 6) is -0.564. The molecule has 2 saturated heterocycles. The Labute approximate surface area is 192 Å². The smallest absolute Gasteiger partial charge is 0.237 e. The molecule has 0 radical (unpaired) electrons. The van der Waals surface area contributed by atoms with Crippen molar-refractivity contribution in [2.45, 2.75) is 49.9 Å². The highest BCUT2D eigenvalue weighted by Crippen LogP contribution is 2.38. The zero-order valence-electron chi connectivity index (χ0n) is 18.1.